The van der Waals surface area contributed by atoms with Crippen molar-refractivity contribution in [2.75, 3.05) is 32.8 Å². The zero-order valence-electron chi connectivity index (χ0n) is 20.9. The second-order valence-electron chi connectivity index (χ2n) is 9.58. The van der Waals surface area contributed by atoms with E-state index in [-0.39, 0.29) is 42.9 Å². The molecule has 3 aromatic rings. The minimum absolute atomic E-state index is 0.0533. The Morgan fingerprint density at radius 2 is 1.97 bits per heavy atom. The number of rotatable bonds is 8. The lowest BCUT2D eigenvalue weighted by molar-refractivity contribution is -0.135. The number of carbonyl (C=O) groups is 2. The van der Waals surface area contributed by atoms with E-state index in [9.17, 15) is 14.0 Å². The third-order valence-electron chi connectivity index (χ3n) is 7.01. The lowest BCUT2D eigenvalue weighted by Gasteiger charge is -2.37. The van der Waals surface area contributed by atoms with Crippen LogP contribution in [0, 0.1) is 12.7 Å². The number of carbonyl (C=O) groups excluding carboxylic acids is 2. The van der Waals surface area contributed by atoms with E-state index < -0.39 is 5.82 Å². The molecule has 2 aliphatic rings. The van der Waals surface area contributed by atoms with E-state index in [1.54, 1.807) is 51.5 Å². The SMILES string of the molecule is Cc1ccc(C(=O)N(CC(=O)N2CCc3sccc3[C@H]2COc2ccccc2F)C[C@@H]2CCCO2)cc1. The Balaban J connectivity index is 1.36. The van der Waals surface area contributed by atoms with Gasteiger partial charge in [0, 0.05) is 30.1 Å². The van der Waals surface area contributed by atoms with Gasteiger partial charge in [0.25, 0.3) is 5.91 Å². The van der Waals surface area contributed by atoms with Gasteiger partial charge in [-0.1, -0.05) is 29.8 Å². The van der Waals surface area contributed by atoms with Gasteiger partial charge in [-0.2, -0.15) is 0 Å². The Morgan fingerprint density at radius 1 is 1.16 bits per heavy atom. The molecule has 0 saturated carbocycles. The number of nitrogens with zero attached hydrogens (tertiary/aromatic N) is 2. The molecular weight excluding hydrogens is 491 g/mol. The van der Waals surface area contributed by atoms with Gasteiger partial charge in [-0.25, -0.2) is 4.39 Å². The predicted molar refractivity (Wildman–Crippen MR) is 140 cm³/mol. The zero-order chi connectivity index (χ0) is 25.8. The molecule has 37 heavy (non-hydrogen) atoms. The summed E-state index contributed by atoms with van der Waals surface area (Å²) in [5.74, 6) is -0.617. The minimum Gasteiger partial charge on any atom is -0.488 e. The van der Waals surface area contributed by atoms with Crippen LogP contribution in [0.1, 0.15) is 45.2 Å². The number of thiophene rings is 1. The van der Waals surface area contributed by atoms with E-state index in [4.69, 9.17) is 9.47 Å². The Morgan fingerprint density at radius 3 is 2.73 bits per heavy atom. The van der Waals surface area contributed by atoms with Crippen molar-refractivity contribution in [1.82, 2.24) is 9.80 Å². The molecule has 194 valence electrons. The maximum atomic E-state index is 14.2. The molecule has 3 heterocycles. The van der Waals surface area contributed by atoms with Crippen LogP contribution in [0.2, 0.25) is 0 Å². The van der Waals surface area contributed by atoms with Crippen LogP contribution in [-0.2, 0) is 16.0 Å². The smallest absolute Gasteiger partial charge is 0.254 e. The number of amides is 2. The Bertz CT molecular complexity index is 1240. The topological polar surface area (TPSA) is 59.1 Å². The van der Waals surface area contributed by atoms with E-state index in [0.29, 0.717) is 25.3 Å². The number of hydrogen-bond acceptors (Lipinski definition) is 5. The Hall–Kier alpha value is -3.23. The summed E-state index contributed by atoms with van der Waals surface area (Å²) in [7, 11) is 0. The van der Waals surface area contributed by atoms with Crippen LogP contribution in [0.15, 0.2) is 60.0 Å². The van der Waals surface area contributed by atoms with Crippen molar-refractivity contribution >= 4 is 23.2 Å². The van der Waals surface area contributed by atoms with Gasteiger partial charge in [-0.05, 0) is 67.5 Å². The zero-order valence-corrected chi connectivity index (χ0v) is 21.7. The van der Waals surface area contributed by atoms with Crippen molar-refractivity contribution in [3.63, 3.8) is 0 Å². The molecule has 0 aliphatic carbocycles. The first-order valence-electron chi connectivity index (χ1n) is 12.7. The summed E-state index contributed by atoms with van der Waals surface area (Å²) >= 11 is 1.66. The molecule has 0 unspecified atom stereocenters. The average molecular weight is 523 g/mol. The van der Waals surface area contributed by atoms with Crippen molar-refractivity contribution in [3.8, 4) is 5.75 Å². The van der Waals surface area contributed by atoms with E-state index in [0.717, 1.165) is 30.4 Å². The van der Waals surface area contributed by atoms with Gasteiger partial charge < -0.3 is 19.3 Å². The van der Waals surface area contributed by atoms with Crippen molar-refractivity contribution in [2.24, 2.45) is 0 Å². The lowest BCUT2D eigenvalue weighted by Crippen LogP contribution is -2.49. The highest BCUT2D eigenvalue weighted by atomic mass is 32.1. The average Bonchev–Trinajstić information content (AvgIpc) is 3.60. The van der Waals surface area contributed by atoms with Crippen LogP contribution in [0.3, 0.4) is 0 Å². The molecule has 2 aromatic carbocycles. The monoisotopic (exact) mass is 522 g/mol. The van der Waals surface area contributed by atoms with E-state index >= 15 is 0 Å². The van der Waals surface area contributed by atoms with Crippen LogP contribution in [0.5, 0.6) is 5.75 Å². The van der Waals surface area contributed by atoms with Crippen molar-refractivity contribution < 1.29 is 23.5 Å². The number of halogens is 1. The molecule has 0 N–H and O–H groups in total. The van der Waals surface area contributed by atoms with Crippen LogP contribution >= 0.6 is 11.3 Å². The molecule has 2 amide bonds. The lowest BCUT2D eigenvalue weighted by atomic mass is 10.00. The second-order valence-corrected chi connectivity index (χ2v) is 10.6. The molecule has 1 fully saturated rings. The van der Waals surface area contributed by atoms with Gasteiger partial charge in [0.2, 0.25) is 5.91 Å². The van der Waals surface area contributed by atoms with Crippen LogP contribution in [-0.4, -0.2) is 60.6 Å². The number of aryl methyl sites for hydroxylation is 1. The second kappa shape index (κ2) is 11.4. The van der Waals surface area contributed by atoms with Crippen molar-refractivity contribution in [1.29, 1.82) is 0 Å². The van der Waals surface area contributed by atoms with Crippen LogP contribution < -0.4 is 4.74 Å². The molecule has 8 heteroatoms. The first-order valence-corrected chi connectivity index (χ1v) is 13.6. The molecular formula is C29H31FN2O4S. The predicted octanol–water partition coefficient (Wildman–Crippen LogP) is 5.02. The number of hydrogen-bond donors (Lipinski definition) is 0. The van der Waals surface area contributed by atoms with Gasteiger partial charge in [0.05, 0.1) is 12.1 Å². The highest BCUT2D eigenvalue weighted by molar-refractivity contribution is 7.10. The summed E-state index contributed by atoms with van der Waals surface area (Å²) in [5, 5.41) is 2.01. The fourth-order valence-corrected chi connectivity index (χ4v) is 5.92. The maximum absolute atomic E-state index is 14.2. The molecule has 5 rings (SSSR count). The van der Waals surface area contributed by atoms with Gasteiger partial charge in [-0.3, -0.25) is 9.59 Å². The third-order valence-corrected chi connectivity index (χ3v) is 8.00. The van der Waals surface area contributed by atoms with Crippen molar-refractivity contribution in [2.45, 2.75) is 38.3 Å². The third kappa shape index (κ3) is 5.86. The fourth-order valence-electron chi connectivity index (χ4n) is 4.99. The Labute approximate surface area is 220 Å². The van der Waals surface area contributed by atoms with E-state index in [1.165, 1.54) is 10.9 Å². The summed E-state index contributed by atoms with van der Waals surface area (Å²) in [6, 6.07) is 15.3. The normalized spacial score (nSPS) is 18.9. The summed E-state index contributed by atoms with van der Waals surface area (Å²) in [6.07, 6.45) is 2.49. The van der Waals surface area contributed by atoms with Crippen LogP contribution in [0.25, 0.3) is 0 Å². The molecule has 0 radical (unpaired) electrons. The van der Waals surface area contributed by atoms with E-state index in [1.807, 2.05) is 30.5 Å². The number of ether oxygens (including phenoxy) is 2. The highest BCUT2D eigenvalue weighted by Gasteiger charge is 2.34. The molecule has 2 atom stereocenters. The standard InChI is InChI=1S/C29H31FN2O4S/c1-20-8-10-21(11-9-20)29(34)31(17-22-5-4-15-35-22)18-28(33)32-14-12-27-23(13-16-37-27)25(32)19-36-26-7-3-2-6-24(26)30/h2-3,6-11,13,16,22,25H,4-5,12,14-15,17-19H2,1H3/t22-,25+/m0/s1. The molecule has 0 spiro atoms. The molecule has 2 aliphatic heterocycles. The van der Waals surface area contributed by atoms with Crippen LogP contribution in [0.4, 0.5) is 4.39 Å². The highest BCUT2D eigenvalue weighted by Crippen LogP contribution is 2.34. The molecule has 6 nitrogen and oxygen atoms in total. The summed E-state index contributed by atoms with van der Waals surface area (Å²) in [5.41, 5.74) is 2.64. The molecule has 0 bridgehead atoms. The maximum Gasteiger partial charge on any atom is 0.254 e. The largest absolute Gasteiger partial charge is 0.488 e. The minimum atomic E-state index is -0.437. The van der Waals surface area contributed by atoms with E-state index in [2.05, 4.69) is 0 Å². The quantitative estimate of drug-likeness (QED) is 0.417. The molecule has 1 saturated heterocycles. The van der Waals surface area contributed by atoms with Crippen molar-refractivity contribution in [3.05, 3.63) is 87.4 Å². The number of benzene rings is 2. The first-order chi connectivity index (χ1) is 18.0. The Kier molecular flexibility index (Phi) is 7.86. The molecule has 1 aromatic heterocycles. The van der Waals surface area contributed by atoms with Gasteiger partial charge in [-0.15, -0.1) is 11.3 Å². The summed E-state index contributed by atoms with van der Waals surface area (Å²) in [4.78, 5) is 31.8. The van der Waals surface area contributed by atoms with Gasteiger partial charge in [0.15, 0.2) is 11.6 Å². The number of fused-ring (bicyclic) bond motifs is 1. The van der Waals surface area contributed by atoms with Gasteiger partial charge in [0.1, 0.15) is 13.2 Å². The summed E-state index contributed by atoms with van der Waals surface area (Å²) in [6.45, 7) is 3.61. The van der Waals surface area contributed by atoms with Gasteiger partial charge >= 0.3 is 0 Å². The fraction of sp³-hybridized carbons (Fsp3) is 0.379. The summed E-state index contributed by atoms with van der Waals surface area (Å²) < 4.78 is 25.9. The number of para-hydroxylation sites is 1. The first kappa shape index (κ1) is 25.4.